The van der Waals surface area contributed by atoms with Crippen molar-refractivity contribution < 1.29 is 13.2 Å². The molecule has 0 N–H and O–H groups in total. The molecule has 3 nitrogen and oxygen atoms in total. The molecule has 4 heteroatoms. The van der Waals surface area contributed by atoms with Crippen molar-refractivity contribution in [2.45, 2.75) is 47.5 Å². The molecule has 4 rings (SSSR count). The molecule has 0 bridgehead atoms. The first-order valence-electron chi connectivity index (χ1n) is 6.48. The lowest BCUT2D eigenvalue weighted by molar-refractivity contribution is 0.298. The highest BCUT2D eigenvalue weighted by Gasteiger charge is 2.80. The van der Waals surface area contributed by atoms with Crippen LogP contribution in [0, 0.1) is 5.92 Å². The second-order valence-corrected chi connectivity index (χ2v) is 8.26. The van der Waals surface area contributed by atoms with Crippen LogP contribution in [-0.4, -0.2) is 24.9 Å². The number of epoxide rings is 1. The summed E-state index contributed by atoms with van der Waals surface area (Å²) < 4.78 is 30.8. The van der Waals surface area contributed by atoms with Gasteiger partial charge in [-0.3, -0.25) is 0 Å². The molecule has 0 radical (unpaired) electrons. The number of hydrogen-bond donors (Lipinski definition) is 0. The molecule has 1 saturated heterocycles. The van der Waals surface area contributed by atoms with Gasteiger partial charge < -0.3 is 4.74 Å². The molecule has 4 atom stereocenters. The summed E-state index contributed by atoms with van der Waals surface area (Å²) in [6.45, 7) is 2.05. The molecule has 3 fully saturated rings. The highest BCUT2D eigenvalue weighted by molar-refractivity contribution is 7.93. The van der Waals surface area contributed by atoms with Gasteiger partial charge in [0.1, 0.15) is 10.9 Å². The quantitative estimate of drug-likeness (QED) is 0.769. The Bertz CT molecular complexity index is 609. The van der Waals surface area contributed by atoms with E-state index in [0.29, 0.717) is 10.8 Å². The van der Waals surface area contributed by atoms with Crippen molar-refractivity contribution >= 4 is 9.84 Å². The summed E-state index contributed by atoms with van der Waals surface area (Å²) >= 11 is 0. The van der Waals surface area contributed by atoms with Crippen LogP contribution in [0.15, 0.2) is 35.2 Å². The van der Waals surface area contributed by atoms with Crippen LogP contribution in [0.3, 0.4) is 0 Å². The molecule has 18 heavy (non-hydrogen) atoms. The van der Waals surface area contributed by atoms with Crippen molar-refractivity contribution in [3.8, 4) is 0 Å². The fraction of sp³-hybridized carbons (Fsp3) is 0.571. The fourth-order valence-electron chi connectivity index (χ4n) is 3.79. The zero-order chi connectivity index (χ0) is 12.6. The third-order valence-electron chi connectivity index (χ3n) is 4.97. The van der Waals surface area contributed by atoms with Gasteiger partial charge in [0.2, 0.25) is 0 Å². The van der Waals surface area contributed by atoms with Gasteiger partial charge in [-0.25, -0.2) is 8.42 Å². The molecule has 2 aliphatic carbocycles. The normalized spacial score (nSPS) is 44.9. The topological polar surface area (TPSA) is 46.7 Å². The smallest absolute Gasteiger partial charge is 0.187 e. The summed E-state index contributed by atoms with van der Waals surface area (Å²) in [4.78, 5) is 0.451. The summed E-state index contributed by atoms with van der Waals surface area (Å²) in [6, 6.07) is 8.83. The van der Waals surface area contributed by atoms with Gasteiger partial charge in [0, 0.05) is 0 Å². The zero-order valence-corrected chi connectivity index (χ0v) is 11.1. The molecule has 1 aromatic carbocycles. The second-order valence-electron chi connectivity index (χ2n) is 6.02. The number of hydrogen-bond acceptors (Lipinski definition) is 3. The number of sulfone groups is 1. The average Bonchev–Trinajstić information content (AvgIpc) is 3.21. The Morgan fingerprint density at radius 2 is 2.00 bits per heavy atom. The minimum Gasteiger partial charge on any atom is -0.365 e. The van der Waals surface area contributed by atoms with Crippen molar-refractivity contribution in [2.75, 3.05) is 0 Å². The molecular formula is C14H16O3S. The summed E-state index contributed by atoms with van der Waals surface area (Å²) in [5, 5.41) is 0. The van der Waals surface area contributed by atoms with Gasteiger partial charge in [-0.2, -0.15) is 0 Å². The van der Waals surface area contributed by atoms with Crippen LogP contribution < -0.4 is 0 Å². The van der Waals surface area contributed by atoms with Gasteiger partial charge in [0.25, 0.3) is 0 Å². The van der Waals surface area contributed by atoms with Crippen molar-refractivity contribution in [3.05, 3.63) is 30.3 Å². The number of benzene rings is 1. The van der Waals surface area contributed by atoms with Gasteiger partial charge in [-0.1, -0.05) is 18.2 Å². The molecule has 3 aliphatic rings. The Hall–Kier alpha value is -0.870. The standard InChI is InChI=1S/C14H16O3S/c1-13-8-7-10-9-14(10,12(13)17-13)18(15,16)11-5-3-2-4-6-11/h2-6,10,12H,7-9H2,1H3/t10-,12-,13-,14-/m0/s1. The molecule has 1 aliphatic heterocycles. The van der Waals surface area contributed by atoms with E-state index in [1.807, 2.05) is 6.07 Å². The molecule has 0 aromatic heterocycles. The van der Waals surface area contributed by atoms with E-state index in [0.717, 1.165) is 19.3 Å². The van der Waals surface area contributed by atoms with Crippen LogP contribution >= 0.6 is 0 Å². The maximum Gasteiger partial charge on any atom is 0.187 e. The molecule has 2 saturated carbocycles. The number of ether oxygens (including phenoxy) is 1. The van der Waals surface area contributed by atoms with E-state index in [4.69, 9.17) is 4.74 Å². The van der Waals surface area contributed by atoms with Crippen molar-refractivity contribution in [2.24, 2.45) is 5.92 Å². The zero-order valence-electron chi connectivity index (χ0n) is 10.3. The van der Waals surface area contributed by atoms with Gasteiger partial charge in [-0.05, 0) is 44.2 Å². The van der Waals surface area contributed by atoms with E-state index >= 15 is 0 Å². The Balaban J connectivity index is 1.81. The first-order valence-corrected chi connectivity index (χ1v) is 7.96. The van der Waals surface area contributed by atoms with E-state index in [1.54, 1.807) is 24.3 Å². The first-order chi connectivity index (χ1) is 8.51. The molecule has 0 amide bonds. The SMILES string of the molecule is C[C@]12CC[C@H]3C[C@@]3(S(=O)(=O)c3ccccc3)[C@H]1O2. The lowest BCUT2D eigenvalue weighted by Gasteiger charge is -2.22. The Morgan fingerprint density at radius 3 is 2.72 bits per heavy atom. The van der Waals surface area contributed by atoms with Crippen LogP contribution in [0.1, 0.15) is 26.2 Å². The molecule has 1 aromatic rings. The monoisotopic (exact) mass is 264 g/mol. The van der Waals surface area contributed by atoms with Gasteiger partial charge in [0.15, 0.2) is 9.84 Å². The maximum atomic E-state index is 12.8. The highest BCUT2D eigenvalue weighted by Crippen LogP contribution is 2.70. The second kappa shape index (κ2) is 2.99. The molecule has 96 valence electrons. The van der Waals surface area contributed by atoms with Gasteiger partial charge >= 0.3 is 0 Å². The Morgan fingerprint density at radius 1 is 1.28 bits per heavy atom. The molecule has 0 spiro atoms. The van der Waals surface area contributed by atoms with E-state index < -0.39 is 14.6 Å². The number of fused-ring (bicyclic) bond motifs is 3. The summed E-state index contributed by atoms with van der Waals surface area (Å²) in [6.07, 6.45) is 2.70. The van der Waals surface area contributed by atoms with Crippen molar-refractivity contribution in [1.82, 2.24) is 0 Å². The van der Waals surface area contributed by atoms with Crippen LogP contribution in [0.25, 0.3) is 0 Å². The van der Waals surface area contributed by atoms with Gasteiger partial charge in [0.05, 0.1) is 10.5 Å². The van der Waals surface area contributed by atoms with Crippen LogP contribution in [0.2, 0.25) is 0 Å². The average molecular weight is 264 g/mol. The predicted molar refractivity (Wildman–Crippen MR) is 67.0 cm³/mol. The third kappa shape index (κ3) is 1.11. The van der Waals surface area contributed by atoms with Crippen LogP contribution in [0.5, 0.6) is 0 Å². The molecule has 1 heterocycles. The van der Waals surface area contributed by atoms with E-state index in [1.165, 1.54) is 0 Å². The van der Waals surface area contributed by atoms with E-state index in [-0.39, 0.29) is 11.7 Å². The van der Waals surface area contributed by atoms with Crippen molar-refractivity contribution in [1.29, 1.82) is 0 Å². The van der Waals surface area contributed by atoms with Crippen LogP contribution in [-0.2, 0) is 14.6 Å². The Kier molecular flexibility index (Phi) is 1.83. The minimum absolute atomic E-state index is 0.0750. The fourth-order valence-corrected chi connectivity index (χ4v) is 6.30. The minimum atomic E-state index is -3.26. The third-order valence-corrected chi connectivity index (χ3v) is 7.58. The summed E-state index contributed by atoms with van der Waals surface area (Å²) in [5.41, 5.74) is -0.172. The van der Waals surface area contributed by atoms with E-state index in [9.17, 15) is 8.42 Å². The predicted octanol–water partition coefficient (Wildman–Crippen LogP) is 2.17. The first kappa shape index (κ1) is 11.0. The maximum absolute atomic E-state index is 12.8. The lowest BCUT2D eigenvalue weighted by atomic mass is 9.90. The molecular weight excluding hydrogens is 248 g/mol. The van der Waals surface area contributed by atoms with Gasteiger partial charge in [-0.15, -0.1) is 0 Å². The van der Waals surface area contributed by atoms with Crippen LogP contribution in [0.4, 0.5) is 0 Å². The molecule has 0 unspecified atom stereocenters. The number of rotatable bonds is 2. The summed E-state index contributed by atoms with van der Waals surface area (Å²) in [7, 11) is -3.26. The van der Waals surface area contributed by atoms with Crippen molar-refractivity contribution in [3.63, 3.8) is 0 Å². The van der Waals surface area contributed by atoms with E-state index in [2.05, 4.69) is 6.92 Å². The lowest BCUT2D eigenvalue weighted by Crippen LogP contribution is -2.38. The Labute approximate surface area is 107 Å². The largest absolute Gasteiger partial charge is 0.365 e. The highest BCUT2D eigenvalue weighted by atomic mass is 32.2. The summed E-state index contributed by atoms with van der Waals surface area (Å²) in [5.74, 6) is 0.309.